The van der Waals surface area contributed by atoms with Crippen LogP contribution in [0.3, 0.4) is 0 Å². The van der Waals surface area contributed by atoms with Crippen LogP contribution in [0.4, 0.5) is 5.69 Å². The van der Waals surface area contributed by atoms with Crippen molar-refractivity contribution in [2.24, 2.45) is 0 Å². The van der Waals surface area contributed by atoms with Crippen LogP contribution in [0.5, 0.6) is 5.75 Å². The first-order chi connectivity index (χ1) is 9.30. The number of hydrogen-bond donors (Lipinski definition) is 2. The van der Waals surface area contributed by atoms with Gasteiger partial charge >= 0.3 is 0 Å². The molecule has 1 aromatic carbocycles. The Morgan fingerprint density at radius 3 is 2.68 bits per heavy atom. The molecule has 0 aliphatic carbocycles. The number of benzene rings is 1. The number of rotatable bonds is 3. The highest BCUT2D eigenvalue weighted by Gasteiger charge is 2.40. The molecule has 2 saturated heterocycles. The average molecular weight is 262 g/mol. The summed E-state index contributed by atoms with van der Waals surface area (Å²) in [6, 6.07) is 8.52. The maximum absolute atomic E-state index is 6.08. The van der Waals surface area contributed by atoms with Crippen molar-refractivity contribution in [1.82, 2.24) is 5.32 Å². The highest BCUT2D eigenvalue weighted by molar-refractivity contribution is 5.47. The molecule has 0 radical (unpaired) electrons. The van der Waals surface area contributed by atoms with E-state index < -0.39 is 0 Å². The maximum atomic E-state index is 6.08. The molecule has 2 N–H and O–H groups in total. The fraction of sp³-hybridized carbons (Fsp3) is 0.600. The zero-order valence-corrected chi connectivity index (χ0v) is 11.4. The van der Waals surface area contributed by atoms with Crippen molar-refractivity contribution in [3.05, 3.63) is 24.3 Å². The summed E-state index contributed by atoms with van der Waals surface area (Å²) in [5, 5.41) is 6.96. The fourth-order valence-electron chi connectivity index (χ4n) is 3.09. The molecule has 1 unspecified atom stereocenters. The van der Waals surface area contributed by atoms with Gasteiger partial charge in [-0.15, -0.1) is 0 Å². The molecular formula is C15H22N2O2. The van der Waals surface area contributed by atoms with Crippen molar-refractivity contribution in [1.29, 1.82) is 0 Å². The van der Waals surface area contributed by atoms with Gasteiger partial charge in [0.2, 0.25) is 0 Å². The molecule has 0 amide bonds. The van der Waals surface area contributed by atoms with E-state index in [4.69, 9.17) is 9.47 Å². The molecule has 1 aromatic rings. The monoisotopic (exact) mass is 262 g/mol. The van der Waals surface area contributed by atoms with E-state index in [-0.39, 0.29) is 5.60 Å². The Balaban J connectivity index is 1.58. The molecule has 4 nitrogen and oxygen atoms in total. The third-order valence-electron chi connectivity index (χ3n) is 4.18. The topological polar surface area (TPSA) is 42.5 Å². The number of anilines is 1. The summed E-state index contributed by atoms with van der Waals surface area (Å²) in [4.78, 5) is 0. The molecule has 2 fully saturated rings. The zero-order chi connectivity index (χ0) is 13.1. The molecule has 1 spiro atoms. The van der Waals surface area contributed by atoms with Gasteiger partial charge in [-0.3, -0.25) is 0 Å². The molecular weight excluding hydrogens is 240 g/mol. The number of piperidine rings is 1. The van der Waals surface area contributed by atoms with Crippen LogP contribution in [0.15, 0.2) is 24.3 Å². The van der Waals surface area contributed by atoms with Crippen LogP contribution >= 0.6 is 0 Å². The molecule has 2 aliphatic rings. The Labute approximate surface area is 114 Å². The molecule has 104 valence electrons. The molecule has 0 aromatic heterocycles. The lowest BCUT2D eigenvalue weighted by Crippen LogP contribution is -2.41. The van der Waals surface area contributed by atoms with Gasteiger partial charge in [0.1, 0.15) is 5.75 Å². The van der Waals surface area contributed by atoms with Gasteiger partial charge in [0.15, 0.2) is 0 Å². The Morgan fingerprint density at radius 1 is 1.26 bits per heavy atom. The second-order valence-corrected chi connectivity index (χ2v) is 5.52. The van der Waals surface area contributed by atoms with Gasteiger partial charge in [-0.1, -0.05) is 0 Å². The Morgan fingerprint density at radius 2 is 2.00 bits per heavy atom. The van der Waals surface area contributed by atoms with E-state index in [2.05, 4.69) is 22.8 Å². The van der Waals surface area contributed by atoms with Gasteiger partial charge < -0.3 is 20.1 Å². The Hall–Kier alpha value is -1.26. The molecule has 2 heterocycles. The highest BCUT2D eigenvalue weighted by Crippen LogP contribution is 2.35. The molecule has 3 rings (SSSR count). The molecule has 2 aliphatic heterocycles. The van der Waals surface area contributed by atoms with E-state index in [0.717, 1.165) is 50.4 Å². The lowest BCUT2D eigenvalue weighted by Gasteiger charge is -2.32. The molecule has 4 heteroatoms. The number of ether oxygens (including phenoxy) is 2. The zero-order valence-electron chi connectivity index (χ0n) is 11.4. The summed E-state index contributed by atoms with van der Waals surface area (Å²) in [5.74, 6) is 0.892. The van der Waals surface area contributed by atoms with Crippen molar-refractivity contribution in [2.75, 3.05) is 32.1 Å². The van der Waals surface area contributed by atoms with Gasteiger partial charge in [-0.05, 0) is 56.6 Å². The van der Waals surface area contributed by atoms with Crippen LogP contribution in [0, 0.1) is 0 Å². The van der Waals surface area contributed by atoms with Crippen LogP contribution in [0.1, 0.15) is 19.3 Å². The van der Waals surface area contributed by atoms with Gasteiger partial charge in [0.25, 0.3) is 0 Å². The van der Waals surface area contributed by atoms with E-state index in [1.807, 2.05) is 12.1 Å². The SMILES string of the molecule is COc1ccc(NC2COC3(CCNCC3)C2)cc1. The third-order valence-corrected chi connectivity index (χ3v) is 4.18. The van der Waals surface area contributed by atoms with E-state index in [0.29, 0.717) is 6.04 Å². The van der Waals surface area contributed by atoms with Crippen molar-refractivity contribution >= 4 is 5.69 Å². The quantitative estimate of drug-likeness (QED) is 0.874. The first-order valence-electron chi connectivity index (χ1n) is 7.05. The number of methoxy groups -OCH3 is 1. The minimum absolute atomic E-state index is 0.120. The standard InChI is InChI=1S/C15H22N2O2/c1-18-14-4-2-12(3-5-14)17-13-10-15(19-11-13)6-8-16-9-7-15/h2-5,13,16-17H,6-11H2,1H3. The van der Waals surface area contributed by atoms with Crippen LogP contribution < -0.4 is 15.4 Å². The van der Waals surface area contributed by atoms with E-state index in [9.17, 15) is 0 Å². The van der Waals surface area contributed by atoms with Gasteiger partial charge in [0.05, 0.1) is 25.4 Å². The lowest BCUT2D eigenvalue weighted by molar-refractivity contribution is -0.0192. The van der Waals surface area contributed by atoms with Gasteiger partial charge in [-0.2, -0.15) is 0 Å². The van der Waals surface area contributed by atoms with Crippen molar-refractivity contribution < 1.29 is 9.47 Å². The smallest absolute Gasteiger partial charge is 0.119 e. The summed E-state index contributed by atoms with van der Waals surface area (Å²) in [6.07, 6.45) is 3.38. The van der Waals surface area contributed by atoms with Gasteiger partial charge in [0, 0.05) is 5.69 Å². The fourth-order valence-corrected chi connectivity index (χ4v) is 3.09. The predicted molar refractivity (Wildman–Crippen MR) is 75.8 cm³/mol. The maximum Gasteiger partial charge on any atom is 0.119 e. The second-order valence-electron chi connectivity index (χ2n) is 5.52. The molecule has 0 saturated carbocycles. The average Bonchev–Trinajstić information content (AvgIpc) is 2.83. The lowest BCUT2D eigenvalue weighted by atomic mass is 9.88. The van der Waals surface area contributed by atoms with E-state index in [1.54, 1.807) is 7.11 Å². The predicted octanol–water partition coefficient (Wildman–Crippen LogP) is 2.02. The number of nitrogens with one attached hydrogen (secondary N) is 2. The summed E-state index contributed by atoms with van der Waals surface area (Å²) >= 11 is 0. The summed E-state index contributed by atoms with van der Waals surface area (Å²) < 4.78 is 11.3. The molecule has 19 heavy (non-hydrogen) atoms. The van der Waals surface area contributed by atoms with Crippen molar-refractivity contribution in [3.63, 3.8) is 0 Å². The largest absolute Gasteiger partial charge is 0.497 e. The second kappa shape index (κ2) is 5.39. The van der Waals surface area contributed by atoms with Crippen LogP contribution in [-0.2, 0) is 4.74 Å². The van der Waals surface area contributed by atoms with Crippen LogP contribution in [0.25, 0.3) is 0 Å². The first-order valence-corrected chi connectivity index (χ1v) is 7.05. The van der Waals surface area contributed by atoms with Crippen LogP contribution in [0.2, 0.25) is 0 Å². The summed E-state index contributed by atoms with van der Waals surface area (Å²) in [5.41, 5.74) is 1.26. The normalized spacial score (nSPS) is 25.4. The van der Waals surface area contributed by atoms with E-state index in [1.165, 1.54) is 0 Å². The summed E-state index contributed by atoms with van der Waals surface area (Å²) in [6.45, 7) is 2.97. The Bertz CT molecular complexity index is 413. The molecule has 1 atom stereocenters. The third kappa shape index (κ3) is 2.85. The van der Waals surface area contributed by atoms with Crippen molar-refractivity contribution in [3.8, 4) is 5.75 Å². The van der Waals surface area contributed by atoms with Gasteiger partial charge in [-0.25, -0.2) is 0 Å². The minimum atomic E-state index is 0.120. The molecule has 0 bridgehead atoms. The van der Waals surface area contributed by atoms with Crippen molar-refractivity contribution in [2.45, 2.75) is 30.9 Å². The minimum Gasteiger partial charge on any atom is -0.497 e. The first kappa shape index (κ1) is 12.8. The highest BCUT2D eigenvalue weighted by atomic mass is 16.5. The van der Waals surface area contributed by atoms with E-state index >= 15 is 0 Å². The number of hydrogen-bond acceptors (Lipinski definition) is 4. The Kier molecular flexibility index (Phi) is 3.62. The van der Waals surface area contributed by atoms with Crippen LogP contribution in [-0.4, -0.2) is 38.4 Å². The summed E-state index contributed by atoms with van der Waals surface area (Å²) in [7, 11) is 1.69.